The number of hydrogen-bond donors (Lipinski definition) is 1. The molecule has 0 aromatic carbocycles. The maximum atomic E-state index is 11.4. The van der Waals surface area contributed by atoms with E-state index in [1.807, 2.05) is 34.0 Å². The van der Waals surface area contributed by atoms with Crippen molar-refractivity contribution in [1.82, 2.24) is 19.6 Å². The molecule has 0 aliphatic rings. The Labute approximate surface area is 137 Å². The molecule has 128 valence electrons. The van der Waals surface area contributed by atoms with E-state index in [0.29, 0.717) is 6.54 Å². The van der Waals surface area contributed by atoms with Crippen molar-refractivity contribution < 1.29 is 8.42 Å². The zero-order chi connectivity index (χ0) is 17.4. The highest BCUT2D eigenvalue weighted by Crippen LogP contribution is 2.26. The van der Waals surface area contributed by atoms with E-state index in [2.05, 4.69) is 22.4 Å². The lowest BCUT2D eigenvalue weighted by Crippen LogP contribution is -2.14. The number of hydrogen-bond acceptors (Lipinski definition) is 5. The Morgan fingerprint density at radius 1 is 1.22 bits per heavy atom. The average Bonchev–Trinajstić information content (AvgIpc) is 2.86. The molecule has 0 amide bonds. The molecule has 0 aliphatic carbocycles. The summed E-state index contributed by atoms with van der Waals surface area (Å²) in [5.74, 6) is 0.0952. The van der Waals surface area contributed by atoms with Crippen LogP contribution in [0.1, 0.15) is 35.6 Å². The molecular formula is C15H25N5O2S. The number of nitrogens with zero attached hydrogens (tertiary/aromatic N) is 4. The maximum absolute atomic E-state index is 11.4. The summed E-state index contributed by atoms with van der Waals surface area (Å²) in [7, 11) is -1.11. The molecule has 0 radical (unpaired) electrons. The van der Waals surface area contributed by atoms with Crippen molar-refractivity contribution in [2.24, 2.45) is 7.05 Å². The van der Waals surface area contributed by atoms with Crippen LogP contribution in [0.2, 0.25) is 0 Å². The lowest BCUT2D eigenvalue weighted by Gasteiger charge is -2.15. The van der Waals surface area contributed by atoms with Crippen molar-refractivity contribution in [2.45, 2.75) is 40.3 Å². The van der Waals surface area contributed by atoms with Gasteiger partial charge in [0.15, 0.2) is 0 Å². The summed E-state index contributed by atoms with van der Waals surface area (Å²) < 4.78 is 26.3. The lowest BCUT2D eigenvalue weighted by molar-refractivity contribution is 0.581. The Bertz CT molecular complexity index is 804. The third-order valence-electron chi connectivity index (χ3n) is 3.93. The Hall–Kier alpha value is -1.83. The van der Waals surface area contributed by atoms with Crippen molar-refractivity contribution in [3.05, 3.63) is 28.8 Å². The molecule has 2 heterocycles. The summed E-state index contributed by atoms with van der Waals surface area (Å²) in [6.45, 7) is 8.35. The number of sulfone groups is 1. The van der Waals surface area contributed by atoms with Crippen LogP contribution in [-0.4, -0.2) is 40.0 Å². The highest BCUT2D eigenvalue weighted by molar-refractivity contribution is 7.90. The summed E-state index contributed by atoms with van der Waals surface area (Å²) in [5.41, 5.74) is 4.94. The quantitative estimate of drug-likeness (QED) is 0.867. The van der Waals surface area contributed by atoms with E-state index in [9.17, 15) is 8.42 Å². The van der Waals surface area contributed by atoms with Crippen LogP contribution in [0.15, 0.2) is 6.20 Å². The molecule has 1 N–H and O–H groups in total. The van der Waals surface area contributed by atoms with Crippen molar-refractivity contribution in [3.63, 3.8) is 0 Å². The van der Waals surface area contributed by atoms with Crippen LogP contribution in [0, 0.1) is 20.8 Å². The van der Waals surface area contributed by atoms with E-state index in [-0.39, 0.29) is 11.8 Å². The molecule has 0 bridgehead atoms. The van der Waals surface area contributed by atoms with Gasteiger partial charge < -0.3 is 5.32 Å². The molecule has 2 aromatic heterocycles. The Morgan fingerprint density at radius 2 is 1.87 bits per heavy atom. The number of nitrogens with one attached hydrogen (secondary N) is 1. The van der Waals surface area contributed by atoms with E-state index >= 15 is 0 Å². The van der Waals surface area contributed by atoms with E-state index in [1.165, 1.54) is 6.26 Å². The van der Waals surface area contributed by atoms with E-state index in [0.717, 1.165) is 28.3 Å². The van der Waals surface area contributed by atoms with Gasteiger partial charge in [-0.2, -0.15) is 10.2 Å². The van der Waals surface area contributed by atoms with Crippen LogP contribution >= 0.6 is 0 Å². The lowest BCUT2D eigenvalue weighted by atomic mass is 10.1. The van der Waals surface area contributed by atoms with Gasteiger partial charge in [0, 0.05) is 30.8 Å². The molecule has 2 aromatic rings. The van der Waals surface area contributed by atoms with Crippen LogP contribution in [0.25, 0.3) is 0 Å². The first-order chi connectivity index (χ1) is 10.6. The van der Waals surface area contributed by atoms with Gasteiger partial charge in [-0.1, -0.05) is 0 Å². The number of aryl methyl sites for hydroxylation is 4. The molecule has 1 atom stereocenters. The second-order valence-electron chi connectivity index (χ2n) is 6.11. The third-order valence-corrected chi connectivity index (χ3v) is 4.85. The second kappa shape index (κ2) is 6.35. The van der Waals surface area contributed by atoms with Crippen molar-refractivity contribution in [1.29, 1.82) is 0 Å². The monoisotopic (exact) mass is 339 g/mol. The third kappa shape index (κ3) is 4.13. The number of aromatic nitrogens is 4. The predicted molar refractivity (Wildman–Crippen MR) is 91.4 cm³/mol. The van der Waals surface area contributed by atoms with Gasteiger partial charge in [-0.25, -0.2) is 8.42 Å². The van der Waals surface area contributed by atoms with Gasteiger partial charge in [0.1, 0.15) is 9.84 Å². The smallest absolute Gasteiger partial charge is 0.149 e. The van der Waals surface area contributed by atoms with Crippen LogP contribution < -0.4 is 5.32 Å². The van der Waals surface area contributed by atoms with Crippen molar-refractivity contribution in [3.8, 4) is 0 Å². The van der Waals surface area contributed by atoms with Gasteiger partial charge in [-0.15, -0.1) is 0 Å². The first-order valence-corrected chi connectivity index (χ1v) is 9.63. The molecule has 0 saturated heterocycles. The molecule has 8 heteroatoms. The number of rotatable bonds is 6. The SMILES string of the molecule is Cc1nn(C)cc1NC(C)c1c(C)nn(CCS(C)(=O)=O)c1C. The molecule has 7 nitrogen and oxygen atoms in total. The summed E-state index contributed by atoms with van der Waals surface area (Å²) in [5, 5.41) is 12.3. The van der Waals surface area contributed by atoms with E-state index < -0.39 is 9.84 Å². The van der Waals surface area contributed by atoms with Crippen LogP contribution in [-0.2, 0) is 23.4 Å². The van der Waals surface area contributed by atoms with E-state index in [1.54, 1.807) is 9.36 Å². The van der Waals surface area contributed by atoms with Crippen LogP contribution in [0.5, 0.6) is 0 Å². The highest BCUT2D eigenvalue weighted by atomic mass is 32.2. The van der Waals surface area contributed by atoms with Gasteiger partial charge in [0.05, 0.1) is 35.4 Å². The minimum atomic E-state index is -3.00. The zero-order valence-corrected chi connectivity index (χ0v) is 15.4. The van der Waals surface area contributed by atoms with Gasteiger partial charge in [-0.05, 0) is 27.7 Å². The first kappa shape index (κ1) is 17.5. The van der Waals surface area contributed by atoms with Gasteiger partial charge in [-0.3, -0.25) is 9.36 Å². The minimum Gasteiger partial charge on any atom is -0.376 e. The fourth-order valence-electron chi connectivity index (χ4n) is 2.85. The molecular weight excluding hydrogens is 314 g/mol. The molecule has 23 heavy (non-hydrogen) atoms. The van der Waals surface area contributed by atoms with Crippen molar-refractivity contribution >= 4 is 15.5 Å². The summed E-state index contributed by atoms with van der Waals surface area (Å²) in [4.78, 5) is 0. The standard InChI is InChI=1S/C15H25N5O2S/c1-10-14(9-19(5)17-10)16-11(2)15-12(3)18-20(13(15)4)7-8-23(6,21)22/h9,11,16H,7-8H2,1-6H3. The fraction of sp³-hybridized carbons (Fsp3) is 0.600. The van der Waals surface area contributed by atoms with Gasteiger partial charge in [0.25, 0.3) is 0 Å². The average molecular weight is 339 g/mol. The summed E-state index contributed by atoms with van der Waals surface area (Å²) in [6.07, 6.45) is 3.19. The Morgan fingerprint density at radius 3 is 2.39 bits per heavy atom. The summed E-state index contributed by atoms with van der Waals surface area (Å²) >= 11 is 0. The number of anilines is 1. The second-order valence-corrected chi connectivity index (χ2v) is 8.37. The highest BCUT2D eigenvalue weighted by Gasteiger charge is 2.19. The topological polar surface area (TPSA) is 81.8 Å². The molecule has 0 aliphatic heterocycles. The van der Waals surface area contributed by atoms with Gasteiger partial charge in [0.2, 0.25) is 0 Å². The molecule has 0 spiro atoms. The normalized spacial score (nSPS) is 13.3. The predicted octanol–water partition coefficient (Wildman–Crippen LogP) is 1.76. The zero-order valence-electron chi connectivity index (χ0n) is 14.6. The minimum absolute atomic E-state index is 0.0601. The molecule has 0 saturated carbocycles. The van der Waals surface area contributed by atoms with Gasteiger partial charge >= 0.3 is 0 Å². The largest absolute Gasteiger partial charge is 0.376 e. The fourth-order valence-corrected chi connectivity index (χ4v) is 3.36. The van der Waals surface area contributed by atoms with Crippen LogP contribution in [0.3, 0.4) is 0 Å². The van der Waals surface area contributed by atoms with E-state index in [4.69, 9.17) is 0 Å². The Kier molecular flexibility index (Phi) is 4.84. The molecule has 0 fully saturated rings. The molecule has 2 rings (SSSR count). The van der Waals surface area contributed by atoms with Crippen LogP contribution in [0.4, 0.5) is 5.69 Å². The summed E-state index contributed by atoms with van der Waals surface area (Å²) in [6, 6.07) is 0.0601. The first-order valence-electron chi connectivity index (χ1n) is 7.57. The maximum Gasteiger partial charge on any atom is 0.149 e. The van der Waals surface area contributed by atoms with Crippen molar-refractivity contribution in [2.75, 3.05) is 17.3 Å². The Balaban J connectivity index is 2.22. The molecule has 1 unspecified atom stereocenters.